The first-order chi connectivity index (χ1) is 8.53. The quantitative estimate of drug-likeness (QED) is 0.424. The summed E-state index contributed by atoms with van der Waals surface area (Å²) in [5, 5.41) is 0. The minimum absolute atomic E-state index is 0.0309. The van der Waals surface area contributed by atoms with Crippen LogP contribution in [0.4, 0.5) is 0 Å². The van der Waals surface area contributed by atoms with E-state index in [1.807, 2.05) is 18.6 Å². The standard InChI is InChI=1S/C14H22N2O2/c1-14(2,8-6-13(17)18-3)7-4-5-10-16-11-9-15-12-16/h6,8-9,11-12H,4-5,7,10H2,1-3H3/b8-6+. The first kappa shape index (κ1) is 14.5. The molecule has 0 saturated carbocycles. The summed E-state index contributed by atoms with van der Waals surface area (Å²) in [6, 6.07) is 0. The fourth-order valence-electron chi connectivity index (χ4n) is 1.74. The van der Waals surface area contributed by atoms with Crippen LogP contribution < -0.4 is 0 Å². The molecular formula is C14H22N2O2. The molecule has 18 heavy (non-hydrogen) atoms. The Kier molecular flexibility index (Phi) is 5.62. The van der Waals surface area contributed by atoms with Crippen molar-refractivity contribution in [1.29, 1.82) is 0 Å². The fraction of sp³-hybridized carbons (Fsp3) is 0.571. The monoisotopic (exact) mass is 250 g/mol. The Bertz CT molecular complexity index is 381. The number of methoxy groups -OCH3 is 1. The molecule has 4 nitrogen and oxygen atoms in total. The highest BCUT2D eigenvalue weighted by molar-refractivity contribution is 5.81. The number of hydrogen-bond acceptors (Lipinski definition) is 3. The topological polar surface area (TPSA) is 44.1 Å². The summed E-state index contributed by atoms with van der Waals surface area (Å²) < 4.78 is 6.66. The lowest BCUT2D eigenvalue weighted by Crippen LogP contribution is -2.09. The summed E-state index contributed by atoms with van der Waals surface area (Å²) in [6.07, 6.45) is 12.3. The molecule has 0 radical (unpaired) electrons. The number of aromatic nitrogens is 2. The molecule has 0 atom stereocenters. The van der Waals surface area contributed by atoms with Crippen molar-refractivity contribution in [2.45, 2.75) is 39.7 Å². The van der Waals surface area contributed by atoms with E-state index in [0.29, 0.717) is 0 Å². The van der Waals surface area contributed by atoms with Crippen LogP contribution in [-0.2, 0) is 16.1 Å². The minimum Gasteiger partial charge on any atom is -0.466 e. The van der Waals surface area contributed by atoms with E-state index < -0.39 is 0 Å². The summed E-state index contributed by atoms with van der Waals surface area (Å²) >= 11 is 0. The fourth-order valence-corrected chi connectivity index (χ4v) is 1.74. The molecule has 0 N–H and O–H groups in total. The molecule has 0 fully saturated rings. The van der Waals surface area contributed by atoms with Gasteiger partial charge >= 0.3 is 5.97 Å². The van der Waals surface area contributed by atoms with Crippen LogP contribution in [0.15, 0.2) is 30.9 Å². The van der Waals surface area contributed by atoms with E-state index in [2.05, 4.69) is 28.1 Å². The van der Waals surface area contributed by atoms with E-state index in [-0.39, 0.29) is 11.4 Å². The number of imidazole rings is 1. The highest BCUT2D eigenvalue weighted by Gasteiger charge is 2.13. The van der Waals surface area contributed by atoms with E-state index >= 15 is 0 Å². The van der Waals surface area contributed by atoms with E-state index in [1.54, 1.807) is 6.20 Å². The molecule has 1 heterocycles. The van der Waals surface area contributed by atoms with Gasteiger partial charge in [-0.15, -0.1) is 0 Å². The van der Waals surface area contributed by atoms with Gasteiger partial charge in [0.05, 0.1) is 13.4 Å². The van der Waals surface area contributed by atoms with Crippen LogP contribution in [0.25, 0.3) is 0 Å². The summed E-state index contributed by atoms with van der Waals surface area (Å²) in [4.78, 5) is 15.0. The van der Waals surface area contributed by atoms with Gasteiger partial charge in [0, 0.05) is 25.0 Å². The first-order valence-electron chi connectivity index (χ1n) is 6.26. The second-order valence-corrected chi connectivity index (χ2v) is 5.10. The van der Waals surface area contributed by atoms with Gasteiger partial charge in [-0.25, -0.2) is 9.78 Å². The number of hydrogen-bond donors (Lipinski definition) is 0. The van der Waals surface area contributed by atoms with Gasteiger partial charge in [-0.3, -0.25) is 0 Å². The Morgan fingerprint density at radius 1 is 1.44 bits per heavy atom. The van der Waals surface area contributed by atoms with Crippen LogP contribution in [0.3, 0.4) is 0 Å². The number of aryl methyl sites for hydroxylation is 1. The molecule has 0 aromatic carbocycles. The predicted molar refractivity (Wildman–Crippen MR) is 71.0 cm³/mol. The minimum atomic E-state index is -0.290. The van der Waals surface area contributed by atoms with Crippen LogP contribution in [0, 0.1) is 5.41 Å². The van der Waals surface area contributed by atoms with Gasteiger partial charge in [-0.1, -0.05) is 26.3 Å². The van der Waals surface area contributed by atoms with Crippen LogP contribution in [0.1, 0.15) is 33.1 Å². The van der Waals surface area contributed by atoms with Crippen LogP contribution in [-0.4, -0.2) is 22.6 Å². The second-order valence-electron chi connectivity index (χ2n) is 5.10. The molecular weight excluding hydrogens is 228 g/mol. The van der Waals surface area contributed by atoms with Gasteiger partial charge in [0.15, 0.2) is 0 Å². The molecule has 0 saturated heterocycles. The summed E-state index contributed by atoms with van der Waals surface area (Å²) in [5.74, 6) is -0.290. The zero-order chi connectivity index (χ0) is 13.4. The third-order valence-electron chi connectivity index (χ3n) is 2.92. The lowest BCUT2D eigenvalue weighted by Gasteiger charge is -2.19. The number of ether oxygens (including phenoxy) is 1. The molecule has 100 valence electrons. The van der Waals surface area contributed by atoms with E-state index in [0.717, 1.165) is 25.8 Å². The number of esters is 1. The Morgan fingerprint density at radius 2 is 2.22 bits per heavy atom. The molecule has 0 amide bonds. The molecule has 0 aliphatic carbocycles. The highest BCUT2D eigenvalue weighted by Crippen LogP contribution is 2.25. The second kappa shape index (κ2) is 6.99. The van der Waals surface area contributed by atoms with Gasteiger partial charge in [-0.05, 0) is 18.3 Å². The Hall–Kier alpha value is -1.58. The van der Waals surface area contributed by atoms with Crippen molar-refractivity contribution in [1.82, 2.24) is 9.55 Å². The smallest absolute Gasteiger partial charge is 0.330 e. The highest BCUT2D eigenvalue weighted by atomic mass is 16.5. The average Bonchev–Trinajstić information content (AvgIpc) is 2.85. The number of carbonyl (C=O) groups is 1. The van der Waals surface area contributed by atoms with Gasteiger partial charge < -0.3 is 9.30 Å². The lowest BCUT2D eigenvalue weighted by molar-refractivity contribution is -0.134. The lowest BCUT2D eigenvalue weighted by atomic mass is 9.87. The van der Waals surface area contributed by atoms with Crippen LogP contribution in [0.2, 0.25) is 0 Å². The van der Waals surface area contributed by atoms with Crippen molar-refractivity contribution in [2.75, 3.05) is 7.11 Å². The number of allylic oxidation sites excluding steroid dienone is 1. The van der Waals surface area contributed by atoms with Crippen molar-refractivity contribution in [3.63, 3.8) is 0 Å². The normalized spacial score (nSPS) is 11.9. The molecule has 4 heteroatoms. The maximum absolute atomic E-state index is 11.0. The maximum Gasteiger partial charge on any atom is 0.330 e. The third-order valence-corrected chi connectivity index (χ3v) is 2.92. The first-order valence-corrected chi connectivity index (χ1v) is 6.26. The van der Waals surface area contributed by atoms with Gasteiger partial charge in [-0.2, -0.15) is 0 Å². The molecule has 1 rings (SSSR count). The zero-order valence-corrected chi connectivity index (χ0v) is 11.4. The number of unbranched alkanes of at least 4 members (excludes halogenated alkanes) is 1. The molecule has 0 bridgehead atoms. The van der Waals surface area contributed by atoms with Crippen molar-refractivity contribution in [2.24, 2.45) is 5.41 Å². The van der Waals surface area contributed by atoms with Crippen molar-refractivity contribution in [3.05, 3.63) is 30.9 Å². The van der Waals surface area contributed by atoms with Crippen molar-refractivity contribution >= 4 is 5.97 Å². The molecule has 1 aromatic rings. The van der Waals surface area contributed by atoms with E-state index in [4.69, 9.17) is 0 Å². The Balaban J connectivity index is 2.24. The SMILES string of the molecule is COC(=O)/C=C/C(C)(C)CCCCn1ccnc1. The zero-order valence-electron chi connectivity index (χ0n) is 11.4. The Morgan fingerprint density at radius 3 is 2.83 bits per heavy atom. The number of carbonyl (C=O) groups excluding carboxylic acids is 1. The average molecular weight is 250 g/mol. The molecule has 1 aromatic heterocycles. The summed E-state index contributed by atoms with van der Waals surface area (Å²) in [5.41, 5.74) is 0.0309. The van der Waals surface area contributed by atoms with E-state index in [1.165, 1.54) is 13.2 Å². The van der Waals surface area contributed by atoms with Crippen LogP contribution >= 0.6 is 0 Å². The van der Waals surface area contributed by atoms with Crippen LogP contribution in [0.5, 0.6) is 0 Å². The summed E-state index contributed by atoms with van der Waals surface area (Å²) in [7, 11) is 1.39. The molecule has 0 spiro atoms. The van der Waals surface area contributed by atoms with Gasteiger partial charge in [0.2, 0.25) is 0 Å². The maximum atomic E-state index is 11.0. The van der Waals surface area contributed by atoms with Gasteiger partial charge in [0.25, 0.3) is 0 Å². The molecule has 0 aliphatic rings. The predicted octanol–water partition coefficient (Wildman–Crippen LogP) is 2.81. The Labute approximate surface area is 109 Å². The third kappa shape index (κ3) is 5.66. The van der Waals surface area contributed by atoms with Gasteiger partial charge in [0.1, 0.15) is 0 Å². The number of rotatable bonds is 7. The largest absolute Gasteiger partial charge is 0.466 e. The van der Waals surface area contributed by atoms with Crippen molar-refractivity contribution in [3.8, 4) is 0 Å². The summed E-state index contributed by atoms with van der Waals surface area (Å²) in [6.45, 7) is 5.25. The molecule has 0 aliphatic heterocycles. The molecule has 0 unspecified atom stereocenters. The van der Waals surface area contributed by atoms with E-state index in [9.17, 15) is 4.79 Å². The number of nitrogens with zero attached hydrogens (tertiary/aromatic N) is 2. The van der Waals surface area contributed by atoms with Crippen molar-refractivity contribution < 1.29 is 9.53 Å².